The third-order valence-corrected chi connectivity index (χ3v) is 4.85. The Balaban J connectivity index is 1.49. The average molecular weight is 416 g/mol. The molecular formula is C20H21FN4O5. The maximum atomic E-state index is 13.2. The summed E-state index contributed by atoms with van der Waals surface area (Å²) < 4.78 is 30.8. The van der Waals surface area contributed by atoms with Gasteiger partial charge in [0.2, 0.25) is 5.88 Å². The van der Waals surface area contributed by atoms with Crippen molar-refractivity contribution in [2.75, 3.05) is 13.2 Å². The smallest absolute Gasteiger partial charge is 0.269 e. The molecule has 2 aromatic heterocycles. The second kappa shape index (κ2) is 8.64. The molecular weight excluding hydrogens is 395 g/mol. The zero-order valence-corrected chi connectivity index (χ0v) is 16.3. The molecule has 4 rings (SSSR count). The third-order valence-electron chi connectivity index (χ3n) is 4.85. The van der Waals surface area contributed by atoms with Crippen LogP contribution in [0.25, 0.3) is 11.3 Å². The monoisotopic (exact) mass is 416 g/mol. The highest BCUT2D eigenvalue weighted by Crippen LogP contribution is 2.27. The number of halogens is 1. The highest BCUT2D eigenvalue weighted by atomic mass is 19.1. The number of carbonyl (C=O) groups is 1. The number of hydrogen-bond donors (Lipinski definition) is 2. The van der Waals surface area contributed by atoms with Gasteiger partial charge in [-0.1, -0.05) is 5.16 Å². The first-order chi connectivity index (χ1) is 14.5. The Morgan fingerprint density at radius 3 is 2.90 bits per heavy atom. The molecule has 30 heavy (non-hydrogen) atoms. The van der Waals surface area contributed by atoms with Crippen LogP contribution in [0, 0.1) is 5.82 Å². The summed E-state index contributed by atoms with van der Waals surface area (Å²) in [4.78, 5) is 12.5. The van der Waals surface area contributed by atoms with Gasteiger partial charge in [-0.15, -0.1) is 5.10 Å². The van der Waals surface area contributed by atoms with Gasteiger partial charge < -0.3 is 24.4 Å². The van der Waals surface area contributed by atoms with Gasteiger partial charge >= 0.3 is 0 Å². The van der Waals surface area contributed by atoms with Crippen LogP contribution in [0.5, 0.6) is 5.88 Å². The van der Waals surface area contributed by atoms with E-state index < -0.39 is 0 Å². The number of carbonyl (C=O) groups excluding carboxylic acids is 1. The quantitative estimate of drug-likeness (QED) is 0.604. The summed E-state index contributed by atoms with van der Waals surface area (Å²) in [6.45, 7) is 0.760. The van der Waals surface area contributed by atoms with E-state index in [-0.39, 0.29) is 42.6 Å². The molecule has 1 fully saturated rings. The van der Waals surface area contributed by atoms with E-state index >= 15 is 0 Å². The minimum Gasteiger partial charge on any atom is -0.471 e. The molecule has 1 amide bonds. The van der Waals surface area contributed by atoms with E-state index in [4.69, 9.17) is 14.0 Å². The van der Waals surface area contributed by atoms with Gasteiger partial charge in [-0.3, -0.25) is 9.48 Å². The molecule has 9 nitrogen and oxygen atoms in total. The van der Waals surface area contributed by atoms with Crippen molar-refractivity contribution in [3.63, 3.8) is 0 Å². The number of hydrogen-bond acceptors (Lipinski definition) is 7. The standard InChI is InChI=1S/C20H21FN4O5/c1-25-16(20(27)22-14-6-7-28-10-14)8-18(23-25)29-11-15-17(9-26)30-24-19(15)12-2-4-13(21)5-3-12/h2-5,8,14,26H,6-7,9-11H2,1H3,(H,22,27). The van der Waals surface area contributed by atoms with E-state index in [0.717, 1.165) is 6.42 Å². The average Bonchev–Trinajstić information content (AvgIpc) is 3.47. The molecule has 1 aromatic carbocycles. The second-order valence-corrected chi connectivity index (χ2v) is 6.91. The lowest BCUT2D eigenvalue weighted by Gasteiger charge is -2.09. The fourth-order valence-corrected chi connectivity index (χ4v) is 3.23. The van der Waals surface area contributed by atoms with Crippen molar-refractivity contribution in [1.29, 1.82) is 0 Å². The van der Waals surface area contributed by atoms with Crippen LogP contribution in [-0.2, 0) is 25.0 Å². The van der Waals surface area contributed by atoms with Crippen LogP contribution in [-0.4, -0.2) is 45.2 Å². The molecule has 1 saturated heterocycles. The van der Waals surface area contributed by atoms with Crippen molar-refractivity contribution in [2.24, 2.45) is 7.05 Å². The van der Waals surface area contributed by atoms with Crippen molar-refractivity contribution in [3.05, 3.63) is 53.2 Å². The summed E-state index contributed by atoms with van der Waals surface area (Å²) in [7, 11) is 1.65. The molecule has 0 aliphatic carbocycles. The number of nitrogens with one attached hydrogen (secondary N) is 1. The van der Waals surface area contributed by atoms with Crippen LogP contribution < -0.4 is 10.1 Å². The van der Waals surface area contributed by atoms with Gasteiger partial charge in [0.25, 0.3) is 5.91 Å². The Hall–Kier alpha value is -3.24. The third kappa shape index (κ3) is 4.19. The fourth-order valence-electron chi connectivity index (χ4n) is 3.23. The topological polar surface area (TPSA) is 112 Å². The van der Waals surface area contributed by atoms with Crippen LogP contribution in [0.2, 0.25) is 0 Å². The molecule has 0 bridgehead atoms. The summed E-state index contributed by atoms with van der Waals surface area (Å²) in [5.74, 6) is -0.154. The number of ether oxygens (including phenoxy) is 2. The van der Waals surface area contributed by atoms with Gasteiger partial charge in [0.05, 0.1) is 18.2 Å². The van der Waals surface area contributed by atoms with E-state index in [2.05, 4.69) is 15.6 Å². The second-order valence-electron chi connectivity index (χ2n) is 6.91. The van der Waals surface area contributed by atoms with Crippen LogP contribution in [0.1, 0.15) is 28.2 Å². The summed E-state index contributed by atoms with van der Waals surface area (Å²) in [5, 5.41) is 20.6. The molecule has 1 aliphatic rings. The van der Waals surface area contributed by atoms with E-state index in [0.29, 0.717) is 35.7 Å². The van der Waals surface area contributed by atoms with Crippen LogP contribution in [0.4, 0.5) is 4.39 Å². The SMILES string of the molecule is Cn1nc(OCc2c(-c3ccc(F)cc3)noc2CO)cc1C(=O)NC1CCOC1. The molecule has 1 atom stereocenters. The Bertz CT molecular complexity index is 1020. The zero-order valence-electron chi connectivity index (χ0n) is 16.3. The summed E-state index contributed by atoms with van der Waals surface area (Å²) in [6, 6.07) is 7.27. The lowest BCUT2D eigenvalue weighted by molar-refractivity contribution is 0.0920. The maximum absolute atomic E-state index is 13.2. The summed E-state index contributed by atoms with van der Waals surface area (Å²) in [6.07, 6.45) is 0.774. The number of aliphatic hydroxyl groups is 1. The fraction of sp³-hybridized carbons (Fsp3) is 0.350. The van der Waals surface area contributed by atoms with Crippen LogP contribution in [0.3, 0.4) is 0 Å². The van der Waals surface area contributed by atoms with Gasteiger partial charge in [0, 0.05) is 25.3 Å². The molecule has 0 spiro atoms. The highest BCUT2D eigenvalue weighted by Gasteiger charge is 2.22. The predicted molar refractivity (Wildman–Crippen MR) is 102 cm³/mol. The number of aliphatic hydroxyl groups excluding tert-OH is 1. The first kappa shape index (κ1) is 20.0. The largest absolute Gasteiger partial charge is 0.471 e. The van der Waals surface area contributed by atoms with Gasteiger partial charge in [-0.25, -0.2) is 4.39 Å². The van der Waals surface area contributed by atoms with E-state index in [1.54, 1.807) is 19.2 Å². The molecule has 1 aliphatic heterocycles. The maximum Gasteiger partial charge on any atom is 0.269 e. The molecule has 10 heteroatoms. The Labute approximate surface area is 171 Å². The Morgan fingerprint density at radius 1 is 1.40 bits per heavy atom. The van der Waals surface area contributed by atoms with Gasteiger partial charge in [0.1, 0.15) is 30.4 Å². The number of rotatable bonds is 7. The van der Waals surface area contributed by atoms with Crippen molar-refractivity contribution >= 4 is 5.91 Å². The molecule has 0 radical (unpaired) electrons. The van der Waals surface area contributed by atoms with Crippen molar-refractivity contribution in [2.45, 2.75) is 25.7 Å². The van der Waals surface area contributed by atoms with Crippen molar-refractivity contribution in [1.82, 2.24) is 20.3 Å². The summed E-state index contributed by atoms with van der Waals surface area (Å²) >= 11 is 0. The first-order valence-electron chi connectivity index (χ1n) is 9.45. The van der Waals surface area contributed by atoms with Crippen LogP contribution in [0.15, 0.2) is 34.9 Å². The number of nitrogens with zero attached hydrogens (tertiary/aromatic N) is 3. The molecule has 1 unspecified atom stereocenters. The number of benzene rings is 1. The van der Waals surface area contributed by atoms with Crippen molar-refractivity contribution in [3.8, 4) is 17.1 Å². The molecule has 158 valence electrons. The van der Waals surface area contributed by atoms with E-state index in [9.17, 15) is 14.3 Å². The molecule has 0 saturated carbocycles. The normalized spacial score (nSPS) is 16.0. The number of amides is 1. The first-order valence-corrected chi connectivity index (χ1v) is 9.45. The minimum absolute atomic E-state index is 0.000635. The molecule has 3 heterocycles. The van der Waals surface area contributed by atoms with Crippen molar-refractivity contribution < 1.29 is 28.3 Å². The molecule has 2 N–H and O–H groups in total. The van der Waals surface area contributed by atoms with Gasteiger partial charge in [-0.2, -0.15) is 0 Å². The van der Waals surface area contributed by atoms with Crippen LogP contribution >= 0.6 is 0 Å². The Kier molecular flexibility index (Phi) is 5.77. The minimum atomic E-state index is -0.370. The number of aryl methyl sites for hydroxylation is 1. The van der Waals surface area contributed by atoms with E-state index in [1.165, 1.54) is 22.9 Å². The lowest BCUT2D eigenvalue weighted by atomic mass is 10.1. The zero-order chi connectivity index (χ0) is 21.1. The van der Waals surface area contributed by atoms with Gasteiger partial charge in [-0.05, 0) is 30.7 Å². The van der Waals surface area contributed by atoms with Gasteiger partial charge in [0.15, 0.2) is 5.76 Å². The molecule has 3 aromatic rings. The summed E-state index contributed by atoms with van der Waals surface area (Å²) in [5.41, 5.74) is 1.93. The Morgan fingerprint density at radius 2 is 2.20 bits per heavy atom. The van der Waals surface area contributed by atoms with E-state index in [1.807, 2.05) is 0 Å². The predicted octanol–water partition coefficient (Wildman–Crippen LogP) is 1.80. The highest BCUT2D eigenvalue weighted by molar-refractivity contribution is 5.93. The lowest BCUT2D eigenvalue weighted by Crippen LogP contribution is -2.36. The number of aromatic nitrogens is 3.